The van der Waals surface area contributed by atoms with Gasteiger partial charge in [-0.15, -0.1) is 0 Å². The molecule has 1 saturated heterocycles. The van der Waals surface area contributed by atoms with Crippen LogP contribution in [-0.4, -0.2) is 26.3 Å². The molecule has 1 aliphatic rings. The molecule has 16 heavy (non-hydrogen) atoms. The van der Waals surface area contributed by atoms with Crippen LogP contribution in [0.2, 0.25) is 0 Å². The van der Waals surface area contributed by atoms with Gasteiger partial charge in [-0.25, -0.2) is 0 Å². The second-order valence-corrected chi connectivity index (χ2v) is 5.32. The molecular weight excluding hydrogens is 198 g/mol. The Labute approximate surface area is 101 Å². The number of rotatable bonds is 7. The first-order chi connectivity index (χ1) is 7.76. The molecule has 1 atom stereocenters. The third-order valence-electron chi connectivity index (χ3n) is 4.03. The topological polar surface area (TPSA) is 21.3 Å². The smallest absolute Gasteiger partial charge is 0.0534 e. The van der Waals surface area contributed by atoms with Gasteiger partial charge in [-0.3, -0.25) is 0 Å². The maximum atomic E-state index is 5.73. The number of ether oxygens (including phenoxy) is 1. The molecule has 0 aliphatic carbocycles. The summed E-state index contributed by atoms with van der Waals surface area (Å²) in [5.74, 6) is 0.875. The van der Waals surface area contributed by atoms with Gasteiger partial charge in [0.05, 0.1) is 6.61 Å². The molecule has 1 rings (SSSR count). The van der Waals surface area contributed by atoms with Gasteiger partial charge in [-0.2, -0.15) is 0 Å². The van der Waals surface area contributed by atoms with Crippen LogP contribution in [0.4, 0.5) is 0 Å². The van der Waals surface area contributed by atoms with Gasteiger partial charge in [0.2, 0.25) is 0 Å². The van der Waals surface area contributed by atoms with Gasteiger partial charge in [-0.05, 0) is 31.7 Å². The van der Waals surface area contributed by atoms with Crippen LogP contribution in [0.5, 0.6) is 0 Å². The standard InChI is InChI=1S/C14H29NO/c1-4-13(5-2)10-14(11-15-6-3)8-7-9-16-12-14/h13,15H,4-12H2,1-3H3. The van der Waals surface area contributed by atoms with Gasteiger partial charge in [0, 0.05) is 18.6 Å². The van der Waals surface area contributed by atoms with E-state index in [1.54, 1.807) is 0 Å². The second kappa shape index (κ2) is 7.29. The Morgan fingerprint density at radius 2 is 2.00 bits per heavy atom. The second-order valence-electron chi connectivity index (χ2n) is 5.32. The van der Waals surface area contributed by atoms with Crippen LogP contribution < -0.4 is 5.32 Å². The molecule has 1 heterocycles. The van der Waals surface area contributed by atoms with E-state index in [0.29, 0.717) is 5.41 Å². The first kappa shape index (κ1) is 14.0. The van der Waals surface area contributed by atoms with E-state index in [4.69, 9.17) is 4.74 Å². The van der Waals surface area contributed by atoms with Crippen molar-refractivity contribution in [2.75, 3.05) is 26.3 Å². The normalized spacial score (nSPS) is 26.2. The molecule has 1 N–H and O–H groups in total. The number of nitrogens with one attached hydrogen (secondary N) is 1. The number of hydrogen-bond acceptors (Lipinski definition) is 2. The molecular formula is C14H29NO. The molecule has 0 aromatic carbocycles. The van der Waals surface area contributed by atoms with Gasteiger partial charge >= 0.3 is 0 Å². The Hall–Kier alpha value is -0.0800. The van der Waals surface area contributed by atoms with Gasteiger partial charge < -0.3 is 10.1 Å². The van der Waals surface area contributed by atoms with E-state index in [0.717, 1.165) is 32.2 Å². The van der Waals surface area contributed by atoms with Crippen molar-refractivity contribution in [2.24, 2.45) is 11.3 Å². The lowest BCUT2D eigenvalue weighted by Crippen LogP contribution is -2.42. The maximum Gasteiger partial charge on any atom is 0.0534 e. The zero-order valence-electron chi connectivity index (χ0n) is 11.3. The summed E-state index contributed by atoms with van der Waals surface area (Å²) in [6, 6.07) is 0. The van der Waals surface area contributed by atoms with Gasteiger partial charge in [0.1, 0.15) is 0 Å². The van der Waals surface area contributed by atoms with Crippen molar-refractivity contribution in [3.05, 3.63) is 0 Å². The number of hydrogen-bond donors (Lipinski definition) is 1. The highest BCUT2D eigenvalue weighted by atomic mass is 16.5. The third-order valence-corrected chi connectivity index (χ3v) is 4.03. The zero-order valence-corrected chi connectivity index (χ0v) is 11.3. The highest BCUT2D eigenvalue weighted by molar-refractivity contribution is 4.86. The van der Waals surface area contributed by atoms with E-state index in [1.165, 1.54) is 32.1 Å². The lowest BCUT2D eigenvalue weighted by Gasteiger charge is -2.39. The van der Waals surface area contributed by atoms with Crippen molar-refractivity contribution in [3.8, 4) is 0 Å². The molecule has 0 aromatic rings. The van der Waals surface area contributed by atoms with E-state index in [2.05, 4.69) is 26.1 Å². The van der Waals surface area contributed by atoms with Crippen LogP contribution in [0.25, 0.3) is 0 Å². The Balaban J connectivity index is 2.54. The largest absolute Gasteiger partial charge is 0.381 e. The fraction of sp³-hybridized carbons (Fsp3) is 1.00. The van der Waals surface area contributed by atoms with Crippen LogP contribution in [0.1, 0.15) is 52.9 Å². The summed E-state index contributed by atoms with van der Waals surface area (Å²) in [5.41, 5.74) is 0.422. The maximum absolute atomic E-state index is 5.73. The summed E-state index contributed by atoms with van der Waals surface area (Å²) >= 11 is 0. The first-order valence-electron chi connectivity index (χ1n) is 7.04. The minimum Gasteiger partial charge on any atom is -0.381 e. The highest BCUT2D eigenvalue weighted by Gasteiger charge is 2.34. The zero-order chi connectivity index (χ0) is 11.9. The molecule has 2 nitrogen and oxygen atoms in total. The van der Waals surface area contributed by atoms with E-state index < -0.39 is 0 Å². The average Bonchev–Trinajstić information content (AvgIpc) is 2.35. The van der Waals surface area contributed by atoms with Gasteiger partial charge in [-0.1, -0.05) is 33.6 Å². The Morgan fingerprint density at radius 1 is 1.25 bits per heavy atom. The van der Waals surface area contributed by atoms with Crippen molar-refractivity contribution in [3.63, 3.8) is 0 Å². The Morgan fingerprint density at radius 3 is 2.50 bits per heavy atom. The molecule has 2 heteroatoms. The van der Waals surface area contributed by atoms with Gasteiger partial charge in [0.15, 0.2) is 0 Å². The summed E-state index contributed by atoms with van der Waals surface area (Å²) in [6.07, 6.45) is 6.55. The van der Waals surface area contributed by atoms with Crippen molar-refractivity contribution in [2.45, 2.75) is 52.9 Å². The van der Waals surface area contributed by atoms with E-state index in [-0.39, 0.29) is 0 Å². The minimum absolute atomic E-state index is 0.422. The Bertz CT molecular complexity index is 172. The van der Waals surface area contributed by atoms with Gasteiger partial charge in [0.25, 0.3) is 0 Å². The monoisotopic (exact) mass is 227 g/mol. The molecule has 0 bridgehead atoms. The SMILES string of the molecule is CCNCC1(CC(CC)CC)CCCOC1. The van der Waals surface area contributed by atoms with Crippen molar-refractivity contribution in [1.82, 2.24) is 5.32 Å². The van der Waals surface area contributed by atoms with Crippen LogP contribution in [0.15, 0.2) is 0 Å². The van der Waals surface area contributed by atoms with E-state index >= 15 is 0 Å². The molecule has 1 fully saturated rings. The molecule has 0 saturated carbocycles. The summed E-state index contributed by atoms with van der Waals surface area (Å²) in [7, 11) is 0. The van der Waals surface area contributed by atoms with Crippen LogP contribution in [0, 0.1) is 11.3 Å². The average molecular weight is 227 g/mol. The molecule has 96 valence electrons. The quantitative estimate of drug-likeness (QED) is 0.721. The van der Waals surface area contributed by atoms with E-state index in [1.807, 2.05) is 0 Å². The minimum atomic E-state index is 0.422. The van der Waals surface area contributed by atoms with E-state index in [9.17, 15) is 0 Å². The fourth-order valence-electron chi connectivity index (χ4n) is 2.86. The van der Waals surface area contributed by atoms with Crippen molar-refractivity contribution >= 4 is 0 Å². The molecule has 1 aliphatic heterocycles. The van der Waals surface area contributed by atoms with Crippen LogP contribution in [-0.2, 0) is 4.74 Å². The van der Waals surface area contributed by atoms with Crippen molar-refractivity contribution in [1.29, 1.82) is 0 Å². The highest BCUT2D eigenvalue weighted by Crippen LogP contribution is 2.36. The third kappa shape index (κ3) is 4.06. The molecule has 0 aromatic heterocycles. The lowest BCUT2D eigenvalue weighted by molar-refractivity contribution is -0.0210. The Kier molecular flexibility index (Phi) is 6.37. The predicted octanol–water partition coefficient (Wildman–Crippen LogP) is 3.22. The fourth-order valence-corrected chi connectivity index (χ4v) is 2.86. The van der Waals surface area contributed by atoms with Crippen molar-refractivity contribution < 1.29 is 4.74 Å². The summed E-state index contributed by atoms with van der Waals surface area (Å²) < 4.78 is 5.73. The molecule has 0 spiro atoms. The lowest BCUT2D eigenvalue weighted by atomic mass is 9.74. The molecule has 0 amide bonds. The van der Waals surface area contributed by atoms with Crippen LogP contribution in [0.3, 0.4) is 0 Å². The molecule has 0 radical (unpaired) electrons. The predicted molar refractivity (Wildman–Crippen MR) is 69.7 cm³/mol. The summed E-state index contributed by atoms with van der Waals surface area (Å²) in [6.45, 7) is 11.0. The summed E-state index contributed by atoms with van der Waals surface area (Å²) in [4.78, 5) is 0. The summed E-state index contributed by atoms with van der Waals surface area (Å²) in [5, 5.41) is 3.53. The first-order valence-corrected chi connectivity index (χ1v) is 7.04. The van der Waals surface area contributed by atoms with Crippen LogP contribution >= 0.6 is 0 Å². The molecule has 1 unspecified atom stereocenters.